The lowest BCUT2D eigenvalue weighted by Crippen LogP contribution is -2.40. The molecule has 1 atom stereocenters. The fraction of sp³-hybridized carbons (Fsp3) is 0.947. The summed E-state index contributed by atoms with van der Waals surface area (Å²) in [5.41, 5.74) is 0. The Balaban J connectivity index is 0.00000576. The van der Waals surface area contributed by atoms with Crippen molar-refractivity contribution in [1.82, 2.24) is 10.2 Å². The van der Waals surface area contributed by atoms with Crippen LogP contribution in [0.25, 0.3) is 0 Å². The molecule has 1 heterocycles. The Bertz CT molecular complexity index is 330. The molecule has 1 unspecified atom stereocenters. The monoisotopic (exact) mass is 469 g/mol. The largest absolute Gasteiger partial charge is 0.384 e. The average molecular weight is 469 g/mol. The van der Waals surface area contributed by atoms with Gasteiger partial charge in [-0.25, -0.2) is 0 Å². The highest BCUT2D eigenvalue weighted by Gasteiger charge is 2.24. The quantitative estimate of drug-likeness (QED) is 0.192. The number of nitrogens with one attached hydrogen (secondary N) is 1. The van der Waals surface area contributed by atoms with Crippen LogP contribution in [0, 0.1) is 5.92 Å². The van der Waals surface area contributed by atoms with E-state index in [4.69, 9.17) is 9.47 Å². The Morgan fingerprint density at radius 1 is 1.12 bits per heavy atom. The SMILES string of the molecule is CCCCCCCCOCCCNC(=NC)N1CCC(COC)C1.I. The van der Waals surface area contributed by atoms with Gasteiger partial charge in [0, 0.05) is 52.9 Å². The van der Waals surface area contributed by atoms with Crippen LogP contribution in [0.2, 0.25) is 0 Å². The summed E-state index contributed by atoms with van der Waals surface area (Å²) >= 11 is 0. The summed E-state index contributed by atoms with van der Waals surface area (Å²) < 4.78 is 11.0. The number of likely N-dealkylation sites (tertiary alicyclic amines) is 1. The second kappa shape index (κ2) is 17.3. The van der Waals surface area contributed by atoms with Crippen LogP contribution in [-0.4, -0.2) is 64.5 Å². The van der Waals surface area contributed by atoms with Crippen LogP contribution < -0.4 is 5.32 Å². The van der Waals surface area contributed by atoms with E-state index < -0.39 is 0 Å². The summed E-state index contributed by atoms with van der Waals surface area (Å²) in [7, 11) is 3.64. The van der Waals surface area contributed by atoms with E-state index in [0.29, 0.717) is 5.92 Å². The highest BCUT2D eigenvalue weighted by atomic mass is 127. The van der Waals surface area contributed by atoms with Crippen LogP contribution in [0.15, 0.2) is 4.99 Å². The molecule has 1 N–H and O–H groups in total. The summed E-state index contributed by atoms with van der Waals surface area (Å²) in [6.07, 6.45) is 10.2. The highest BCUT2D eigenvalue weighted by molar-refractivity contribution is 14.0. The number of nitrogens with zero attached hydrogens (tertiary/aromatic N) is 2. The predicted octanol–water partition coefficient (Wildman–Crippen LogP) is 3.92. The second-order valence-corrected chi connectivity index (χ2v) is 6.76. The molecule has 0 radical (unpaired) electrons. The van der Waals surface area contributed by atoms with Crippen molar-refractivity contribution < 1.29 is 9.47 Å². The maximum atomic E-state index is 5.72. The van der Waals surface area contributed by atoms with Crippen molar-refractivity contribution in [2.75, 3.05) is 53.6 Å². The van der Waals surface area contributed by atoms with Crippen molar-refractivity contribution in [3.8, 4) is 0 Å². The van der Waals surface area contributed by atoms with E-state index in [1.54, 1.807) is 7.11 Å². The van der Waals surface area contributed by atoms with Crippen LogP contribution in [-0.2, 0) is 9.47 Å². The number of methoxy groups -OCH3 is 1. The molecule has 25 heavy (non-hydrogen) atoms. The third kappa shape index (κ3) is 12.0. The average Bonchev–Trinajstić information content (AvgIpc) is 3.05. The molecule has 1 fully saturated rings. The lowest BCUT2D eigenvalue weighted by Gasteiger charge is -2.21. The molecule has 150 valence electrons. The van der Waals surface area contributed by atoms with Gasteiger partial charge in [-0.1, -0.05) is 39.0 Å². The Morgan fingerprint density at radius 2 is 1.84 bits per heavy atom. The standard InChI is InChI=1S/C19H39N3O2.HI/c1-4-5-6-7-8-9-14-24-15-10-12-21-19(20-2)22-13-11-18(16-22)17-23-3;/h18H,4-17H2,1-3H3,(H,20,21);1H. The highest BCUT2D eigenvalue weighted by Crippen LogP contribution is 2.16. The summed E-state index contributed by atoms with van der Waals surface area (Å²) in [6, 6.07) is 0. The van der Waals surface area contributed by atoms with Gasteiger partial charge in [0.15, 0.2) is 5.96 Å². The van der Waals surface area contributed by atoms with Crippen LogP contribution in [0.3, 0.4) is 0 Å². The normalized spacial score (nSPS) is 17.6. The topological polar surface area (TPSA) is 46.1 Å². The minimum atomic E-state index is 0. The van der Waals surface area contributed by atoms with Gasteiger partial charge in [-0.3, -0.25) is 4.99 Å². The van der Waals surface area contributed by atoms with Gasteiger partial charge in [-0.15, -0.1) is 24.0 Å². The van der Waals surface area contributed by atoms with Crippen molar-refractivity contribution in [3.63, 3.8) is 0 Å². The molecule has 5 nitrogen and oxygen atoms in total. The molecule has 0 aromatic carbocycles. The van der Waals surface area contributed by atoms with Gasteiger partial charge in [0.05, 0.1) is 6.61 Å². The molecular formula is C19H40IN3O2. The lowest BCUT2D eigenvalue weighted by molar-refractivity contribution is 0.128. The first kappa shape index (κ1) is 24.9. The molecule has 1 saturated heterocycles. The number of hydrogen-bond donors (Lipinski definition) is 1. The van der Waals surface area contributed by atoms with Crippen molar-refractivity contribution in [1.29, 1.82) is 0 Å². The van der Waals surface area contributed by atoms with E-state index in [1.165, 1.54) is 44.9 Å². The molecule has 1 aliphatic heterocycles. The van der Waals surface area contributed by atoms with Crippen LogP contribution >= 0.6 is 24.0 Å². The van der Waals surface area contributed by atoms with Crippen LogP contribution in [0.5, 0.6) is 0 Å². The lowest BCUT2D eigenvalue weighted by atomic mass is 10.1. The predicted molar refractivity (Wildman–Crippen MR) is 117 cm³/mol. The Hall–Kier alpha value is -0.0800. The zero-order valence-electron chi connectivity index (χ0n) is 16.6. The number of ether oxygens (including phenoxy) is 2. The van der Waals surface area contributed by atoms with Gasteiger partial charge in [0.25, 0.3) is 0 Å². The van der Waals surface area contributed by atoms with Crippen molar-refractivity contribution in [3.05, 3.63) is 0 Å². The third-order valence-corrected chi connectivity index (χ3v) is 4.59. The molecule has 0 spiro atoms. The van der Waals surface area contributed by atoms with Gasteiger partial charge >= 0.3 is 0 Å². The summed E-state index contributed by atoms with van der Waals surface area (Å²) in [6.45, 7) is 7.89. The number of halogens is 1. The number of unbranched alkanes of at least 4 members (excludes halogenated alkanes) is 5. The van der Waals surface area contributed by atoms with Crippen molar-refractivity contribution in [2.24, 2.45) is 10.9 Å². The molecule has 0 amide bonds. The number of hydrogen-bond acceptors (Lipinski definition) is 3. The van der Waals surface area contributed by atoms with Gasteiger partial charge < -0.3 is 19.7 Å². The number of rotatable bonds is 13. The van der Waals surface area contributed by atoms with E-state index in [1.807, 2.05) is 7.05 Å². The molecular weight excluding hydrogens is 429 g/mol. The first-order valence-corrected chi connectivity index (χ1v) is 9.84. The molecule has 0 aliphatic carbocycles. The molecule has 0 aromatic rings. The fourth-order valence-corrected chi connectivity index (χ4v) is 3.19. The molecule has 0 bridgehead atoms. The van der Waals surface area contributed by atoms with Gasteiger partial charge in [-0.2, -0.15) is 0 Å². The molecule has 0 aromatic heterocycles. The summed E-state index contributed by atoms with van der Waals surface area (Å²) in [5, 5.41) is 3.45. The van der Waals surface area contributed by atoms with E-state index in [9.17, 15) is 0 Å². The van der Waals surface area contributed by atoms with Crippen LogP contribution in [0.4, 0.5) is 0 Å². The number of guanidine groups is 1. The van der Waals surface area contributed by atoms with Crippen LogP contribution in [0.1, 0.15) is 58.3 Å². The summed E-state index contributed by atoms with van der Waals surface area (Å²) in [5.74, 6) is 1.65. The summed E-state index contributed by atoms with van der Waals surface area (Å²) in [4.78, 5) is 6.73. The minimum Gasteiger partial charge on any atom is -0.384 e. The van der Waals surface area contributed by atoms with E-state index in [2.05, 4.69) is 22.1 Å². The zero-order chi connectivity index (χ0) is 17.5. The van der Waals surface area contributed by atoms with E-state index >= 15 is 0 Å². The minimum absolute atomic E-state index is 0. The van der Waals surface area contributed by atoms with Crippen molar-refractivity contribution in [2.45, 2.75) is 58.3 Å². The van der Waals surface area contributed by atoms with Gasteiger partial charge in [-0.05, 0) is 19.3 Å². The maximum Gasteiger partial charge on any atom is 0.193 e. The molecule has 1 aliphatic rings. The zero-order valence-corrected chi connectivity index (χ0v) is 18.9. The maximum absolute atomic E-state index is 5.72. The van der Waals surface area contributed by atoms with Gasteiger partial charge in [0.1, 0.15) is 0 Å². The number of aliphatic imine (C=N–C) groups is 1. The van der Waals surface area contributed by atoms with Gasteiger partial charge in [0.2, 0.25) is 0 Å². The smallest absolute Gasteiger partial charge is 0.193 e. The van der Waals surface area contributed by atoms with E-state index in [0.717, 1.165) is 51.8 Å². The fourth-order valence-electron chi connectivity index (χ4n) is 3.19. The Kier molecular flexibility index (Phi) is 17.3. The molecule has 0 saturated carbocycles. The second-order valence-electron chi connectivity index (χ2n) is 6.76. The van der Waals surface area contributed by atoms with E-state index in [-0.39, 0.29) is 24.0 Å². The molecule has 1 rings (SSSR count). The Labute approximate surface area is 172 Å². The third-order valence-electron chi connectivity index (χ3n) is 4.59. The Morgan fingerprint density at radius 3 is 2.56 bits per heavy atom. The van der Waals surface area contributed by atoms with Crippen molar-refractivity contribution >= 4 is 29.9 Å². The molecule has 6 heteroatoms. The first-order valence-electron chi connectivity index (χ1n) is 9.84. The first-order chi connectivity index (χ1) is 11.8.